The first-order chi connectivity index (χ1) is 20.8. The van der Waals surface area contributed by atoms with Crippen molar-refractivity contribution in [2.45, 2.75) is 112 Å². The summed E-state index contributed by atoms with van der Waals surface area (Å²) in [6, 6.07) is 0. The average Bonchev–Trinajstić information content (AvgIpc) is 3.00. The summed E-state index contributed by atoms with van der Waals surface area (Å²) in [6.45, 7) is 22.1. The van der Waals surface area contributed by atoms with E-state index in [1.165, 1.54) is 6.42 Å². The van der Waals surface area contributed by atoms with Crippen LogP contribution in [0.25, 0.3) is 0 Å². The van der Waals surface area contributed by atoms with Gasteiger partial charge in [0.05, 0.1) is 23.4 Å². The Kier molecular flexibility index (Phi) is 7.08. The summed E-state index contributed by atoms with van der Waals surface area (Å²) in [5.41, 5.74) is 3.65. The van der Waals surface area contributed by atoms with Gasteiger partial charge in [-0.2, -0.15) is 0 Å². The normalized spacial score (nSPS) is 44.8. The molecule has 7 rings (SSSR count). The lowest BCUT2D eigenvalue weighted by Gasteiger charge is -2.71. The standard InChI is InChI=1S/C38H58N4O2/c1-8-41-19-21-42(22-20-41)32(44)38-15-13-33(2,3)23-27(38)26-9-10-30-34(4)24-28-31(40-18-17-39-28)35(5,25-43)29(34)11-12-37(30,7)36(26,6)14-16-38/h9,17-18,27,29-30,43H,8,10-16,19-25H2,1-7H3/t27-,29+,30+,34-,35-,36+,37+,38-/m0/s1. The Bertz CT molecular complexity index is 1350. The average molecular weight is 603 g/mol. The van der Waals surface area contributed by atoms with Crippen molar-refractivity contribution in [1.29, 1.82) is 0 Å². The molecule has 0 spiro atoms. The van der Waals surface area contributed by atoms with Gasteiger partial charge < -0.3 is 14.9 Å². The van der Waals surface area contributed by atoms with Crippen LogP contribution in [0.2, 0.25) is 0 Å². The quantitative estimate of drug-likeness (QED) is 0.404. The van der Waals surface area contributed by atoms with Crippen molar-refractivity contribution in [2.75, 3.05) is 39.3 Å². The molecular weight excluding hydrogens is 544 g/mol. The van der Waals surface area contributed by atoms with E-state index in [2.05, 4.69) is 64.3 Å². The second-order valence-electron chi connectivity index (χ2n) is 17.7. The number of carbonyl (C=O) groups excluding carboxylic acids is 1. The topological polar surface area (TPSA) is 69.6 Å². The van der Waals surface area contributed by atoms with Crippen LogP contribution in [0.1, 0.15) is 111 Å². The molecule has 6 aliphatic rings. The van der Waals surface area contributed by atoms with Crippen LogP contribution >= 0.6 is 0 Å². The van der Waals surface area contributed by atoms with E-state index in [9.17, 15) is 9.90 Å². The summed E-state index contributed by atoms with van der Waals surface area (Å²) in [4.78, 5) is 29.2. The van der Waals surface area contributed by atoms with Crippen LogP contribution in [0.3, 0.4) is 0 Å². The van der Waals surface area contributed by atoms with Crippen molar-refractivity contribution in [3.8, 4) is 0 Å². The number of aliphatic hydroxyl groups excluding tert-OH is 1. The number of amides is 1. The monoisotopic (exact) mass is 602 g/mol. The molecule has 3 saturated carbocycles. The van der Waals surface area contributed by atoms with Crippen LogP contribution in [-0.2, 0) is 16.6 Å². The van der Waals surface area contributed by atoms with Gasteiger partial charge in [0.25, 0.3) is 0 Å². The number of hydrogen-bond donors (Lipinski definition) is 1. The van der Waals surface area contributed by atoms with Gasteiger partial charge in [-0.3, -0.25) is 14.8 Å². The molecule has 44 heavy (non-hydrogen) atoms. The minimum Gasteiger partial charge on any atom is -0.395 e. The third-order valence-corrected chi connectivity index (χ3v) is 15.4. The Balaban J connectivity index is 1.28. The van der Waals surface area contributed by atoms with E-state index in [1.54, 1.807) is 5.57 Å². The number of likely N-dealkylation sites (N-methyl/N-ethyl adjacent to an activating group) is 1. The molecule has 2 heterocycles. The molecule has 6 nitrogen and oxygen atoms in total. The molecule has 242 valence electrons. The molecule has 1 N–H and O–H groups in total. The van der Waals surface area contributed by atoms with E-state index >= 15 is 0 Å². The number of allylic oxidation sites excluding steroid dienone is 2. The lowest BCUT2D eigenvalue weighted by molar-refractivity contribution is -0.176. The minimum absolute atomic E-state index is 0.0354. The molecular formula is C38H58N4O2. The van der Waals surface area contributed by atoms with Gasteiger partial charge in [-0.1, -0.05) is 60.1 Å². The molecule has 1 saturated heterocycles. The van der Waals surface area contributed by atoms with Gasteiger partial charge >= 0.3 is 0 Å². The van der Waals surface area contributed by atoms with Crippen LogP contribution in [0.4, 0.5) is 0 Å². The molecule has 0 unspecified atom stereocenters. The summed E-state index contributed by atoms with van der Waals surface area (Å²) in [5, 5.41) is 10.9. The number of aromatic nitrogens is 2. The lowest BCUT2D eigenvalue weighted by Crippen LogP contribution is -2.66. The summed E-state index contributed by atoms with van der Waals surface area (Å²) in [7, 11) is 0. The van der Waals surface area contributed by atoms with Crippen molar-refractivity contribution in [1.82, 2.24) is 19.8 Å². The third-order valence-electron chi connectivity index (χ3n) is 15.4. The smallest absolute Gasteiger partial charge is 0.229 e. The van der Waals surface area contributed by atoms with Crippen LogP contribution < -0.4 is 0 Å². The third kappa shape index (κ3) is 4.01. The molecule has 0 aromatic carbocycles. The highest BCUT2D eigenvalue weighted by Crippen LogP contribution is 2.75. The van der Waals surface area contributed by atoms with E-state index in [4.69, 9.17) is 9.97 Å². The first kappa shape index (κ1) is 30.8. The van der Waals surface area contributed by atoms with Gasteiger partial charge in [-0.05, 0) is 104 Å². The zero-order valence-electron chi connectivity index (χ0n) is 28.7. The largest absolute Gasteiger partial charge is 0.395 e. The van der Waals surface area contributed by atoms with Crippen molar-refractivity contribution < 1.29 is 9.90 Å². The Morgan fingerprint density at radius 3 is 2.34 bits per heavy atom. The lowest BCUT2D eigenvalue weighted by atomic mass is 9.33. The molecule has 4 fully saturated rings. The van der Waals surface area contributed by atoms with E-state index in [1.807, 2.05) is 12.4 Å². The number of piperazine rings is 1. The van der Waals surface area contributed by atoms with Gasteiger partial charge in [0, 0.05) is 44.0 Å². The van der Waals surface area contributed by atoms with Crippen LogP contribution in [0.15, 0.2) is 24.0 Å². The van der Waals surface area contributed by atoms with Crippen molar-refractivity contribution in [2.24, 2.45) is 44.8 Å². The predicted molar refractivity (Wildman–Crippen MR) is 175 cm³/mol. The second-order valence-corrected chi connectivity index (χ2v) is 17.7. The summed E-state index contributed by atoms with van der Waals surface area (Å²) in [5.74, 6) is 1.69. The molecule has 0 radical (unpaired) electrons. The highest BCUT2D eigenvalue weighted by molar-refractivity contribution is 5.84. The fourth-order valence-corrected chi connectivity index (χ4v) is 12.6. The number of hydrogen-bond acceptors (Lipinski definition) is 5. The first-order valence-corrected chi connectivity index (χ1v) is 17.9. The van der Waals surface area contributed by atoms with E-state index in [0.717, 1.165) is 95.5 Å². The fraction of sp³-hybridized carbons (Fsp3) is 0.816. The molecule has 1 amide bonds. The zero-order valence-corrected chi connectivity index (χ0v) is 28.7. The number of nitrogens with zero attached hydrogens (tertiary/aromatic N) is 4. The van der Waals surface area contributed by atoms with Crippen molar-refractivity contribution in [3.63, 3.8) is 0 Å². The van der Waals surface area contributed by atoms with Gasteiger partial charge in [-0.25, -0.2) is 0 Å². The number of fused-ring (bicyclic) bond motifs is 8. The van der Waals surface area contributed by atoms with Gasteiger partial charge in [-0.15, -0.1) is 0 Å². The Hall–Kier alpha value is -1.79. The Morgan fingerprint density at radius 1 is 0.932 bits per heavy atom. The van der Waals surface area contributed by atoms with E-state index in [-0.39, 0.29) is 39.1 Å². The fourth-order valence-electron chi connectivity index (χ4n) is 12.6. The first-order valence-electron chi connectivity index (χ1n) is 17.9. The molecule has 0 bridgehead atoms. The van der Waals surface area contributed by atoms with Gasteiger partial charge in [0.2, 0.25) is 5.91 Å². The van der Waals surface area contributed by atoms with Crippen LogP contribution in [0, 0.1) is 44.8 Å². The summed E-state index contributed by atoms with van der Waals surface area (Å²) >= 11 is 0. The maximum Gasteiger partial charge on any atom is 0.229 e. The van der Waals surface area contributed by atoms with E-state index in [0.29, 0.717) is 23.7 Å². The number of rotatable bonds is 3. The Morgan fingerprint density at radius 2 is 1.64 bits per heavy atom. The second kappa shape index (κ2) is 10.1. The predicted octanol–water partition coefficient (Wildman–Crippen LogP) is 6.43. The van der Waals surface area contributed by atoms with Crippen LogP contribution in [0.5, 0.6) is 0 Å². The zero-order chi connectivity index (χ0) is 31.3. The molecule has 5 aliphatic carbocycles. The van der Waals surface area contributed by atoms with Gasteiger partial charge in [0.15, 0.2) is 0 Å². The van der Waals surface area contributed by atoms with E-state index < -0.39 is 0 Å². The molecule has 8 atom stereocenters. The maximum atomic E-state index is 14.8. The number of aliphatic hydroxyl groups is 1. The van der Waals surface area contributed by atoms with Crippen molar-refractivity contribution in [3.05, 3.63) is 35.4 Å². The van der Waals surface area contributed by atoms with Crippen molar-refractivity contribution >= 4 is 5.91 Å². The molecule has 1 aromatic heterocycles. The minimum atomic E-state index is -0.369. The SMILES string of the molecule is CCN1CCN(C(=O)[C@]23CCC(C)(C)C[C@H]2C2=CC[C@@H]4[C@@]5(C)Cc6nccnc6[C@@](C)(CO)[C@@H]5CC[C@@]4(C)[C@]2(C)CC3)CC1. The molecule has 1 aromatic rings. The summed E-state index contributed by atoms with van der Waals surface area (Å²) < 4.78 is 0. The maximum absolute atomic E-state index is 14.8. The summed E-state index contributed by atoms with van der Waals surface area (Å²) in [6.07, 6.45) is 16.1. The highest BCUT2D eigenvalue weighted by atomic mass is 16.3. The Labute approximate surface area is 266 Å². The molecule has 1 aliphatic heterocycles. The van der Waals surface area contributed by atoms with Crippen LogP contribution in [-0.4, -0.2) is 70.1 Å². The van der Waals surface area contributed by atoms with Gasteiger partial charge in [0.1, 0.15) is 0 Å². The number of carbonyl (C=O) groups is 1. The highest BCUT2D eigenvalue weighted by Gasteiger charge is 2.69. The molecule has 6 heteroatoms.